The van der Waals surface area contributed by atoms with Crippen molar-refractivity contribution in [1.82, 2.24) is 24.8 Å². The van der Waals surface area contributed by atoms with Crippen LogP contribution >= 0.6 is 23.2 Å². The first kappa shape index (κ1) is 35.0. The number of nitriles is 1. The number of hydrogen-bond acceptors (Lipinski definition) is 7. The zero-order valence-electron chi connectivity index (χ0n) is 30.5. The number of amides is 1. The molecule has 6 atom stereocenters. The van der Waals surface area contributed by atoms with Gasteiger partial charge >= 0.3 is 0 Å². The molecule has 0 unspecified atom stereocenters. The smallest absolute Gasteiger partial charge is 0.226 e. The number of aromatic nitrogens is 3. The molecular weight excluding hydrogens is 743 g/mol. The Balaban J connectivity index is 1.20. The number of aryl methyl sites for hydroxylation is 2. The van der Waals surface area contributed by atoms with Crippen molar-refractivity contribution >= 4 is 56.7 Å². The van der Waals surface area contributed by atoms with Crippen LogP contribution in [0.25, 0.3) is 32.9 Å². The van der Waals surface area contributed by atoms with Crippen LogP contribution < -0.4 is 15.0 Å². The lowest BCUT2D eigenvalue weighted by atomic mass is 9.79. The van der Waals surface area contributed by atoms with E-state index < -0.39 is 11.6 Å². The molecule has 1 amide bonds. The number of rotatable bonds is 8. The third kappa shape index (κ3) is 5.28. The minimum Gasteiger partial charge on any atom is -0.493 e. The maximum Gasteiger partial charge on any atom is 0.226 e. The van der Waals surface area contributed by atoms with Crippen LogP contribution in [0.4, 0.5) is 14.6 Å². The highest BCUT2D eigenvalue weighted by molar-refractivity contribution is 6.43. The second-order valence-electron chi connectivity index (χ2n) is 16.0. The van der Waals surface area contributed by atoms with Gasteiger partial charge in [0, 0.05) is 89.5 Å². The van der Waals surface area contributed by atoms with Gasteiger partial charge in [0.25, 0.3) is 0 Å². The number of nitrogens with zero attached hydrogens (tertiary/aromatic N) is 6. The summed E-state index contributed by atoms with van der Waals surface area (Å²) in [6.07, 6.45) is 5.62. The van der Waals surface area contributed by atoms with Crippen molar-refractivity contribution in [1.29, 1.82) is 5.26 Å². The van der Waals surface area contributed by atoms with Crippen LogP contribution in [-0.2, 0) is 11.2 Å². The fourth-order valence-electron chi connectivity index (χ4n) is 10.3. The van der Waals surface area contributed by atoms with Gasteiger partial charge in [0.05, 0.1) is 46.9 Å². The third-order valence-electron chi connectivity index (χ3n) is 12.9. The van der Waals surface area contributed by atoms with Crippen molar-refractivity contribution in [3.63, 3.8) is 0 Å². The molecule has 2 aliphatic carbocycles. The Bertz CT molecular complexity index is 2470. The number of carbonyl (C=O) groups excluding carboxylic acids is 1. The minimum absolute atomic E-state index is 0.0124. The van der Waals surface area contributed by atoms with E-state index in [9.17, 15) is 10.1 Å². The van der Waals surface area contributed by atoms with Gasteiger partial charge in [-0.05, 0) is 68.7 Å². The quantitative estimate of drug-likeness (QED) is 0.169. The average Bonchev–Trinajstić information content (AvgIpc) is 3.46. The number of ether oxygens (including phenoxy) is 1. The molecule has 2 aromatic carbocycles. The summed E-state index contributed by atoms with van der Waals surface area (Å²) in [6.45, 7) is 3.77. The number of nitrogens with one attached hydrogen (secondary N) is 1. The molecule has 7 heterocycles. The molecule has 9 nitrogen and oxygen atoms in total. The van der Waals surface area contributed by atoms with E-state index in [0.29, 0.717) is 58.2 Å². The number of halogens is 4. The molecule has 5 aromatic rings. The molecule has 6 aliphatic rings. The normalized spacial score (nSPS) is 25.5. The van der Waals surface area contributed by atoms with Crippen molar-refractivity contribution in [2.24, 2.45) is 17.8 Å². The number of piperidine rings is 1. The molecule has 282 valence electrons. The van der Waals surface area contributed by atoms with Crippen LogP contribution in [0, 0.1) is 47.6 Å². The van der Waals surface area contributed by atoms with E-state index >= 15 is 8.78 Å². The van der Waals surface area contributed by atoms with Gasteiger partial charge in [0.2, 0.25) is 11.7 Å². The van der Waals surface area contributed by atoms with Gasteiger partial charge in [0.15, 0.2) is 17.4 Å². The molecule has 6 fully saturated rings. The summed E-state index contributed by atoms with van der Waals surface area (Å²) in [6, 6.07) is 13.0. The second-order valence-corrected chi connectivity index (χ2v) is 16.7. The van der Waals surface area contributed by atoms with Crippen LogP contribution in [-0.4, -0.2) is 64.2 Å². The van der Waals surface area contributed by atoms with Gasteiger partial charge in [-0.2, -0.15) is 9.65 Å². The summed E-state index contributed by atoms with van der Waals surface area (Å²) in [5.74, 6) is -0.148. The lowest BCUT2D eigenvalue weighted by molar-refractivity contribution is -0.135. The topological polar surface area (TPSA) is 99.3 Å². The third-order valence-corrected chi connectivity index (χ3v) is 13.7. The van der Waals surface area contributed by atoms with E-state index in [1.807, 2.05) is 17.9 Å². The minimum atomic E-state index is -0.505. The first-order chi connectivity index (χ1) is 26.7. The Hall–Kier alpha value is -4.50. The predicted octanol–water partition coefficient (Wildman–Crippen LogP) is 8.33. The van der Waals surface area contributed by atoms with Gasteiger partial charge in [-0.15, -0.1) is 0 Å². The number of carbonyl (C=O) groups is 1. The first-order valence-corrected chi connectivity index (χ1v) is 19.9. The van der Waals surface area contributed by atoms with E-state index in [-0.39, 0.29) is 70.4 Å². The fraction of sp³-hybridized carbons (Fsp3) is 0.429. The van der Waals surface area contributed by atoms with Gasteiger partial charge in [-0.25, -0.2) is 14.4 Å². The molecule has 3 aromatic heterocycles. The number of methoxy groups -OCH3 is 1. The zero-order chi connectivity index (χ0) is 37.9. The summed E-state index contributed by atoms with van der Waals surface area (Å²) in [5, 5.41) is 15.5. The van der Waals surface area contributed by atoms with Gasteiger partial charge in [-0.3, -0.25) is 4.79 Å². The summed E-state index contributed by atoms with van der Waals surface area (Å²) >= 11 is 13.2. The molecule has 1 N–H and O–H groups in total. The Morgan fingerprint density at radius 1 is 1.09 bits per heavy atom. The molecule has 55 heavy (non-hydrogen) atoms. The first-order valence-electron chi connectivity index (χ1n) is 19.1. The Kier molecular flexibility index (Phi) is 8.29. The Morgan fingerprint density at radius 3 is 2.65 bits per heavy atom. The van der Waals surface area contributed by atoms with Gasteiger partial charge < -0.3 is 24.4 Å². The number of likely N-dealkylation sites (tertiary alicyclic amines) is 1. The molecule has 11 rings (SSSR count). The van der Waals surface area contributed by atoms with Crippen molar-refractivity contribution in [3.8, 4) is 22.9 Å². The van der Waals surface area contributed by atoms with Crippen molar-refractivity contribution in [3.05, 3.63) is 81.2 Å². The molecule has 4 aliphatic heterocycles. The summed E-state index contributed by atoms with van der Waals surface area (Å²) < 4.78 is 40.8. The monoisotopic (exact) mass is 781 g/mol. The molecular formula is C42H39Cl2F2N7O2. The Morgan fingerprint density at radius 2 is 1.93 bits per heavy atom. The van der Waals surface area contributed by atoms with Crippen LogP contribution in [0.2, 0.25) is 10.0 Å². The summed E-state index contributed by atoms with van der Waals surface area (Å²) in [7, 11) is 1.45. The number of benzene rings is 2. The lowest BCUT2D eigenvalue weighted by Crippen LogP contribution is -2.45. The van der Waals surface area contributed by atoms with Crippen LogP contribution in [0.5, 0.6) is 5.75 Å². The SMILES string of the molecule is COc1ccnc(N2C[C@@H]3C[C@H](C2)N(C(=O)C2CC2)[C@H]3c2cc3c(C)nc4c(F)c(-c5cccc(Cl)c5Cl)c(CCC#N)cc4c3n2[C@H]2[C@H]3CN[C@@H]2C3)c1F. The standard InChI is InChI=1S/C42H39Cl2F2N7O2/c1-20-27-16-31(39-24-13-25(52(39)42(54)21-8-9-21)19-51(18-24)41-35(45)32(55-2)10-12-48-41)53(38-23-15-30(38)49-17-23)40(27)28-14-22(5-4-11-47)33(36(46)37(28)50-20)26-6-3-7-29(43)34(26)44/h3,6-7,10,12,14,16,21,23-25,30,38-39,49H,4-5,8-9,13,15,17-19H2,1-2H3/t23-,24+,25-,30-,38+,39-/m1/s1. The van der Waals surface area contributed by atoms with Crippen LogP contribution in [0.15, 0.2) is 42.6 Å². The van der Waals surface area contributed by atoms with Crippen molar-refractivity contribution in [2.45, 2.75) is 69.6 Å². The second kappa shape index (κ2) is 13.0. The predicted molar refractivity (Wildman–Crippen MR) is 207 cm³/mol. The molecule has 0 spiro atoms. The highest BCUT2D eigenvalue weighted by Gasteiger charge is 2.55. The van der Waals surface area contributed by atoms with Crippen molar-refractivity contribution in [2.75, 3.05) is 31.6 Å². The van der Waals surface area contributed by atoms with Gasteiger partial charge in [0.1, 0.15) is 5.52 Å². The molecule has 4 saturated heterocycles. The van der Waals surface area contributed by atoms with Crippen LogP contribution in [0.3, 0.4) is 0 Å². The molecule has 13 heteroatoms. The van der Waals surface area contributed by atoms with E-state index in [2.05, 4.69) is 31.9 Å². The fourth-order valence-corrected chi connectivity index (χ4v) is 10.7. The Labute approximate surface area is 327 Å². The van der Waals surface area contributed by atoms with Gasteiger partial charge in [-0.1, -0.05) is 35.3 Å². The zero-order valence-corrected chi connectivity index (χ0v) is 32.0. The lowest BCUT2D eigenvalue weighted by Gasteiger charge is -2.40. The molecule has 2 saturated carbocycles. The van der Waals surface area contributed by atoms with E-state index in [0.717, 1.165) is 48.8 Å². The van der Waals surface area contributed by atoms with Crippen molar-refractivity contribution < 1.29 is 18.3 Å². The molecule has 0 radical (unpaired) electrons. The maximum absolute atomic E-state index is 17.3. The van der Waals surface area contributed by atoms with E-state index in [4.69, 9.17) is 32.9 Å². The van der Waals surface area contributed by atoms with E-state index in [1.165, 1.54) is 13.2 Å². The average molecular weight is 783 g/mol. The molecule has 4 bridgehead atoms. The number of anilines is 1. The number of fused-ring (bicyclic) bond motifs is 6. The summed E-state index contributed by atoms with van der Waals surface area (Å²) in [4.78, 5) is 27.9. The summed E-state index contributed by atoms with van der Waals surface area (Å²) in [5.41, 5.74) is 4.21. The maximum atomic E-state index is 17.3. The largest absolute Gasteiger partial charge is 0.493 e. The van der Waals surface area contributed by atoms with Crippen LogP contribution in [0.1, 0.15) is 61.1 Å². The number of pyridine rings is 2. The highest BCUT2D eigenvalue weighted by Crippen LogP contribution is 2.54. The highest BCUT2D eigenvalue weighted by atomic mass is 35.5. The number of hydrogen-bond donors (Lipinski definition) is 1. The van der Waals surface area contributed by atoms with E-state index in [1.54, 1.807) is 24.4 Å².